The topological polar surface area (TPSA) is 80.8 Å². The van der Waals surface area contributed by atoms with E-state index in [0.29, 0.717) is 41.1 Å². The molecule has 1 fully saturated rings. The van der Waals surface area contributed by atoms with Crippen LogP contribution in [0.4, 0.5) is 11.4 Å². The highest BCUT2D eigenvalue weighted by Crippen LogP contribution is 2.21. The van der Waals surface area contributed by atoms with E-state index in [4.69, 9.17) is 9.47 Å². The van der Waals surface area contributed by atoms with Crippen LogP contribution in [0.1, 0.15) is 23.0 Å². The van der Waals surface area contributed by atoms with E-state index in [1.54, 1.807) is 13.0 Å². The molecule has 1 unspecified atom stereocenters. The van der Waals surface area contributed by atoms with E-state index in [0.717, 1.165) is 18.8 Å². The normalized spacial score (nSPS) is 14.8. The average molecular weight is 419 g/mol. The number of aryl methyl sites for hydroxylation is 1. The van der Waals surface area contributed by atoms with Crippen LogP contribution in [0.25, 0.3) is 10.9 Å². The standard InChI is InChI=1S/C24H25N3O4/c1-16-15-21(20-5-3-4-6-22(20)25-16)24(29)31-17(2)23(28)26-18-7-9-19(10-8-18)27-11-13-30-14-12-27/h3-10,15,17H,11-14H2,1-2H3,(H,26,28). The Kier molecular flexibility index (Phi) is 6.13. The number of benzene rings is 2. The quantitative estimate of drug-likeness (QED) is 0.637. The summed E-state index contributed by atoms with van der Waals surface area (Å²) in [5.41, 5.74) is 3.56. The minimum atomic E-state index is -0.946. The Bertz CT molecular complexity index is 1090. The molecule has 1 aliphatic rings. The molecule has 0 radical (unpaired) electrons. The fraction of sp³-hybridized carbons (Fsp3) is 0.292. The average Bonchev–Trinajstić information content (AvgIpc) is 2.79. The van der Waals surface area contributed by atoms with Crippen LogP contribution in [0.2, 0.25) is 0 Å². The lowest BCUT2D eigenvalue weighted by Crippen LogP contribution is -2.36. The van der Waals surface area contributed by atoms with Gasteiger partial charge in [0.05, 0.1) is 24.3 Å². The van der Waals surface area contributed by atoms with Crippen LogP contribution in [0.5, 0.6) is 0 Å². The van der Waals surface area contributed by atoms with Crippen LogP contribution in [0.3, 0.4) is 0 Å². The van der Waals surface area contributed by atoms with Crippen LogP contribution in [-0.4, -0.2) is 49.3 Å². The van der Waals surface area contributed by atoms with Crippen molar-refractivity contribution in [2.24, 2.45) is 0 Å². The predicted molar refractivity (Wildman–Crippen MR) is 119 cm³/mol. The lowest BCUT2D eigenvalue weighted by Gasteiger charge is -2.28. The number of fused-ring (bicyclic) bond motifs is 1. The van der Waals surface area contributed by atoms with Gasteiger partial charge in [-0.25, -0.2) is 4.79 Å². The van der Waals surface area contributed by atoms with Gasteiger partial charge in [0.2, 0.25) is 0 Å². The Labute approximate surface area is 181 Å². The number of nitrogens with zero attached hydrogens (tertiary/aromatic N) is 2. The van der Waals surface area contributed by atoms with Gasteiger partial charge in [0.15, 0.2) is 6.10 Å². The first-order valence-electron chi connectivity index (χ1n) is 10.3. The van der Waals surface area contributed by atoms with Gasteiger partial charge in [-0.15, -0.1) is 0 Å². The molecule has 1 aliphatic heterocycles. The fourth-order valence-corrected chi connectivity index (χ4v) is 3.58. The number of rotatable bonds is 5. The monoisotopic (exact) mass is 419 g/mol. The molecule has 1 atom stereocenters. The van der Waals surface area contributed by atoms with Gasteiger partial charge in [-0.2, -0.15) is 0 Å². The zero-order valence-electron chi connectivity index (χ0n) is 17.6. The van der Waals surface area contributed by atoms with Crippen LogP contribution < -0.4 is 10.2 Å². The van der Waals surface area contributed by atoms with Crippen LogP contribution in [0, 0.1) is 6.92 Å². The van der Waals surface area contributed by atoms with Crippen molar-refractivity contribution in [2.75, 3.05) is 36.5 Å². The van der Waals surface area contributed by atoms with Crippen LogP contribution in [-0.2, 0) is 14.3 Å². The molecule has 1 saturated heterocycles. The van der Waals surface area contributed by atoms with E-state index >= 15 is 0 Å². The van der Waals surface area contributed by atoms with Gasteiger partial charge in [0.25, 0.3) is 5.91 Å². The number of anilines is 2. The highest BCUT2D eigenvalue weighted by molar-refractivity contribution is 6.05. The molecule has 7 heteroatoms. The number of esters is 1. The molecule has 1 N–H and O–H groups in total. The Morgan fingerprint density at radius 1 is 1.10 bits per heavy atom. The molecule has 160 valence electrons. The van der Waals surface area contributed by atoms with Gasteiger partial charge < -0.3 is 19.7 Å². The van der Waals surface area contributed by atoms with Crippen LogP contribution >= 0.6 is 0 Å². The number of nitrogens with one attached hydrogen (secondary N) is 1. The second-order valence-corrected chi connectivity index (χ2v) is 7.51. The maximum atomic E-state index is 12.8. The van der Waals surface area contributed by atoms with E-state index < -0.39 is 12.1 Å². The summed E-state index contributed by atoms with van der Waals surface area (Å²) in [6, 6.07) is 16.7. The number of carbonyl (C=O) groups is 2. The number of morpholine rings is 1. The van der Waals surface area contributed by atoms with E-state index in [1.165, 1.54) is 0 Å². The third kappa shape index (κ3) is 4.83. The first-order chi connectivity index (χ1) is 15.0. The second kappa shape index (κ2) is 9.14. The molecule has 4 rings (SSSR count). The van der Waals surface area contributed by atoms with Crippen molar-refractivity contribution in [2.45, 2.75) is 20.0 Å². The summed E-state index contributed by atoms with van der Waals surface area (Å²) in [5.74, 6) is -0.936. The fourth-order valence-electron chi connectivity index (χ4n) is 3.58. The molecular weight excluding hydrogens is 394 g/mol. The SMILES string of the molecule is Cc1cc(C(=O)OC(C)C(=O)Nc2ccc(N3CCOCC3)cc2)c2ccccc2n1. The molecule has 0 bridgehead atoms. The van der Waals surface area contributed by atoms with Gasteiger partial charge in [-0.05, 0) is 50.2 Å². The summed E-state index contributed by atoms with van der Waals surface area (Å²) in [6.45, 7) is 6.51. The molecule has 0 spiro atoms. The highest BCUT2D eigenvalue weighted by Gasteiger charge is 2.21. The molecule has 2 heterocycles. The van der Waals surface area contributed by atoms with E-state index in [1.807, 2.05) is 55.5 Å². The summed E-state index contributed by atoms with van der Waals surface area (Å²) in [4.78, 5) is 32.0. The van der Waals surface area contributed by atoms with Crippen molar-refractivity contribution in [3.63, 3.8) is 0 Å². The summed E-state index contributed by atoms with van der Waals surface area (Å²) < 4.78 is 10.8. The van der Waals surface area contributed by atoms with E-state index in [2.05, 4.69) is 15.2 Å². The molecule has 7 nitrogen and oxygen atoms in total. The molecule has 0 aliphatic carbocycles. The van der Waals surface area contributed by atoms with E-state index in [-0.39, 0.29) is 5.91 Å². The van der Waals surface area contributed by atoms with Crippen molar-refractivity contribution in [3.8, 4) is 0 Å². The molecule has 3 aromatic rings. The first kappa shape index (κ1) is 20.8. The lowest BCUT2D eigenvalue weighted by atomic mass is 10.1. The Morgan fingerprint density at radius 3 is 2.55 bits per heavy atom. The van der Waals surface area contributed by atoms with E-state index in [9.17, 15) is 9.59 Å². The van der Waals surface area contributed by atoms with Crippen molar-refractivity contribution in [1.82, 2.24) is 4.98 Å². The van der Waals surface area contributed by atoms with Gasteiger partial charge in [0.1, 0.15) is 0 Å². The summed E-state index contributed by atoms with van der Waals surface area (Å²) in [7, 11) is 0. The van der Waals surface area contributed by atoms with Gasteiger partial charge >= 0.3 is 5.97 Å². The van der Waals surface area contributed by atoms with Crippen molar-refractivity contribution in [1.29, 1.82) is 0 Å². The maximum absolute atomic E-state index is 12.8. The van der Waals surface area contributed by atoms with Gasteiger partial charge in [-0.3, -0.25) is 9.78 Å². The number of ether oxygens (including phenoxy) is 2. The third-order valence-corrected chi connectivity index (χ3v) is 5.23. The van der Waals surface area contributed by atoms with Crippen molar-refractivity contribution < 1.29 is 19.1 Å². The summed E-state index contributed by atoms with van der Waals surface area (Å²) in [6.07, 6.45) is -0.946. The van der Waals surface area contributed by atoms with Gasteiger partial charge in [0, 0.05) is 35.5 Å². The Hall–Kier alpha value is -3.45. The highest BCUT2D eigenvalue weighted by atomic mass is 16.5. The minimum absolute atomic E-state index is 0.387. The molecule has 1 aromatic heterocycles. The zero-order valence-corrected chi connectivity index (χ0v) is 17.6. The van der Waals surface area contributed by atoms with Crippen LogP contribution in [0.15, 0.2) is 54.6 Å². The number of amides is 1. The first-order valence-corrected chi connectivity index (χ1v) is 10.3. The lowest BCUT2D eigenvalue weighted by molar-refractivity contribution is -0.123. The number of hydrogen-bond donors (Lipinski definition) is 1. The molecule has 0 saturated carbocycles. The minimum Gasteiger partial charge on any atom is -0.449 e. The number of pyridine rings is 1. The predicted octanol–water partition coefficient (Wildman–Crippen LogP) is 3.56. The van der Waals surface area contributed by atoms with Gasteiger partial charge in [-0.1, -0.05) is 18.2 Å². The molecule has 31 heavy (non-hydrogen) atoms. The number of aromatic nitrogens is 1. The molecule has 2 aromatic carbocycles. The smallest absolute Gasteiger partial charge is 0.339 e. The zero-order chi connectivity index (χ0) is 21.8. The Balaban J connectivity index is 1.40. The summed E-state index contributed by atoms with van der Waals surface area (Å²) >= 11 is 0. The maximum Gasteiger partial charge on any atom is 0.339 e. The Morgan fingerprint density at radius 2 is 1.81 bits per heavy atom. The van der Waals surface area contributed by atoms with Crippen molar-refractivity contribution in [3.05, 3.63) is 65.9 Å². The largest absolute Gasteiger partial charge is 0.449 e. The number of para-hydroxylation sites is 1. The molecular formula is C24H25N3O4. The second-order valence-electron chi connectivity index (χ2n) is 7.51. The van der Waals surface area contributed by atoms with Crippen molar-refractivity contribution >= 4 is 34.2 Å². The number of carbonyl (C=O) groups excluding carboxylic acids is 2. The third-order valence-electron chi connectivity index (χ3n) is 5.23. The summed E-state index contributed by atoms with van der Waals surface area (Å²) in [5, 5.41) is 3.50. The number of hydrogen-bond acceptors (Lipinski definition) is 6. The molecule has 1 amide bonds.